The van der Waals surface area contributed by atoms with Crippen LogP contribution in [0.15, 0.2) is 47.4 Å². The van der Waals surface area contributed by atoms with Crippen LogP contribution in [0.3, 0.4) is 0 Å². The number of rotatable bonds is 6. The summed E-state index contributed by atoms with van der Waals surface area (Å²) in [5.74, 6) is -0.344. The fourth-order valence-corrected chi connectivity index (χ4v) is 4.50. The van der Waals surface area contributed by atoms with Crippen LogP contribution >= 0.6 is 0 Å². The Labute approximate surface area is 212 Å². The van der Waals surface area contributed by atoms with Gasteiger partial charge >= 0.3 is 6.09 Å². The summed E-state index contributed by atoms with van der Waals surface area (Å²) < 4.78 is 6.96. The van der Waals surface area contributed by atoms with Crippen molar-refractivity contribution in [3.63, 3.8) is 0 Å². The first-order valence-corrected chi connectivity index (χ1v) is 12.5. The van der Waals surface area contributed by atoms with Crippen LogP contribution in [0.5, 0.6) is 0 Å². The van der Waals surface area contributed by atoms with E-state index in [0.717, 1.165) is 42.4 Å². The predicted molar refractivity (Wildman–Crippen MR) is 138 cm³/mol. The van der Waals surface area contributed by atoms with Crippen molar-refractivity contribution < 1.29 is 14.3 Å². The minimum atomic E-state index is -1.10. The third-order valence-corrected chi connectivity index (χ3v) is 6.41. The van der Waals surface area contributed by atoms with E-state index in [1.807, 2.05) is 24.3 Å². The van der Waals surface area contributed by atoms with Crippen molar-refractivity contribution in [2.75, 3.05) is 0 Å². The standard InChI is InChI=1S/C28H36N4O4/c1-27(2,3)36-26(35)31-28(15-7-5-6-8-16-28)25(34)30-23(18-29)17-20-9-11-21(12-10-20)22-13-14-24(33)32(4)19-22/h9-14,19,23H,5-8,15-17H2,1-4H3,(H,30,34)(H,31,35). The second-order valence-electron chi connectivity index (χ2n) is 10.5. The van der Waals surface area contributed by atoms with E-state index in [2.05, 4.69) is 16.7 Å². The molecule has 0 radical (unpaired) electrons. The Morgan fingerprint density at radius 3 is 2.22 bits per heavy atom. The molecular formula is C28H36N4O4. The Hall–Kier alpha value is -3.60. The Kier molecular flexibility index (Phi) is 8.57. The molecule has 0 bridgehead atoms. The van der Waals surface area contributed by atoms with E-state index in [4.69, 9.17) is 4.74 Å². The van der Waals surface area contributed by atoms with E-state index in [0.29, 0.717) is 19.3 Å². The van der Waals surface area contributed by atoms with Crippen LogP contribution in [0.2, 0.25) is 0 Å². The Morgan fingerprint density at radius 2 is 1.67 bits per heavy atom. The van der Waals surface area contributed by atoms with Gasteiger partial charge in [-0.05, 0) is 56.4 Å². The number of aromatic nitrogens is 1. The maximum absolute atomic E-state index is 13.5. The third kappa shape index (κ3) is 7.20. The van der Waals surface area contributed by atoms with Gasteiger partial charge in [0, 0.05) is 25.7 Å². The molecule has 1 aliphatic carbocycles. The van der Waals surface area contributed by atoms with Gasteiger partial charge in [-0.1, -0.05) is 49.9 Å². The highest BCUT2D eigenvalue weighted by Crippen LogP contribution is 2.28. The first-order chi connectivity index (χ1) is 17.0. The molecule has 1 aromatic heterocycles. The van der Waals surface area contributed by atoms with Crippen LogP contribution in [0.4, 0.5) is 4.79 Å². The number of alkyl carbamates (subject to hydrolysis) is 1. The van der Waals surface area contributed by atoms with E-state index in [1.165, 1.54) is 10.6 Å². The van der Waals surface area contributed by atoms with E-state index in [9.17, 15) is 19.6 Å². The number of nitriles is 1. The lowest BCUT2D eigenvalue weighted by molar-refractivity contribution is -0.128. The molecule has 2 aromatic rings. The van der Waals surface area contributed by atoms with Gasteiger partial charge in [0.2, 0.25) is 11.5 Å². The summed E-state index contributed by atoms with van der Waals surface area (Å²) in [6.07, 6.45) is 6.11. The zero-order valence-corrected chi connectivity index (χ0v) is 21.6. The summed E-state index contributed by atoms with van der Waals surface area (Å²) in [6, 6.07) is 12.4. The van der Waals surface area contributed by atoms with Crippen LogP contribution in [-0.2, 0) is 23.0 Å². The highest BCUT2D eigenvalue weighted by Gasteiger charge is 2.41. The van der Waals surface area contributed by atoms with Gasteiger partial charge in [0.05, 0.1) is 6.07 Å². The molecular weight excluding hydrogens is 456 g/mol. The number of carbonyl (C=O) groups is 2. The van der Waals surface area contributed by atoms with Crippen LogP contribution in [-0.4, -0.2) is 33.7 Å². The molecule has 1 atom stereocenters. The van der Waals surface area contributed by atoms with Gasteiger partial charge in [-0.2, -0.15) is 5.26 Å². The molecule has 192 valence electrons. The van der Waals surface area contributed by atoms with Crippen molar-refractivity contribution in [2.24, 2.45) is 7.05 Å². The Morgan fingerprint density at radius 1 is 1.06 bits per heavy atom. The van der Waals surface area contributed by atoms with Crippen LogP contribution < -0.4 is 16.2 Å². The summed E-state index contributed by atoms with van der Waals surface area (Å²) in [6.45, 7) is 5.34. The summed E-state index contributed by atoms with van der Waals surface area (Å²) in [5, 5.41) is 15.5. The summed E-state index contributed by atoms with van der Waals surface area (Å²) in [7, 11) is 1.71. The molecule has 2 amide bonds. The SMILES string of the molecule is Cn1cc(-c2ccc(CC(C#N)NC(=O)C3(NC(=O)OC(C)(C)C)CCCCCC3)cc2)ccc1=O. The van der Waals surface area contributed by atoms with E-state index in [-0.39, 0.29) is 11.5 Å². The molecule has 2 N–H and O–H groups in total. The second kappa shape index (κ2) is 11.4. The van der Waals surface area contributed by atoms with Gasteiger partial charge in [-0.25, -0.2) is 4.79 Å². The Balaban J connectivity index is 1.71. The minimum absolute atomic E-state index is 0.0735. The molecule has 1 unspecified atom stereocenters. The largest absolute Gasteiger partial charge is 0.444 e. The first kappa shape index (κ1) is 27.0. The lowest BCUT2D eigenvalue weighted by Crippen LogP contribution is -2.60. The second-order valence-corrected chi connectivity index (χ2v) is 10.5. The first-order valence-electron chi connectivity index (χ1n) is 12.5. The summed E-state index contributed by atoms with van der Waals surface area (Å²) in [4.78, 5) is 37.7. The number of nitrogens with one attached hydrogen (secondary N) is 2. The molecule has 8 nitrogen and oxygen atoms in total. The number of amides is 2. The number of benzene rings is 1. The predicted octanol–water partition coefficient (Wildman–Crippen LogP) is 4.22. The molecule has 8 heteroatoms. The maximum atomic E-state index is 13.5. The summed E-state index contributed by atoms with van der Waals surface area (Å²) in [5.41, 5.74) is 0.910. The van der Waals surface area contributed by atoms with Crippen molar-refractivity contribution >= 4 is 12.0 Å². The quantitative estimate of drug-likeness (QED) is 0.586. The number of nitrogens with zero attached hydrogens (tertiary/aromatic N) is 2. The van der Waals surface area contributed by atoms with Crippen molar-refractivity contribution in [1.29, 1.82) is 5.26 Å². The summed E-state index contributed by atoms with van der Waals surface area (Å²) >= 11 is 0. The molecule has 3 rings (SSSR count). The van der Waals surface area contributed by atoms with Gasteiger partial charge in [0.25, 0.3) is 0 Å². The maximum Gasteiger partial charge on any atom is 0.408 e. The molecule has 0 saturated heterocycles. The van der Waals surface area contributed by atoms with Crippen molar-refractivity contribution in [1.82, 2.24) is 15.2 Å². The van der Waals surface area contributed by atoms with Gasteiger partial charge < -0.3 is 19.9 Å². The van der Waals surface area contributed by atoms with Crippen LogP contribution in [0.1, 0.15) is 64.9 Å². The van der Waals surface area contributed by atoms with Gasteiger partial charge in [0.1, 0.15) is 17.2 Å². The minimum Gasteiger partial charge on any atom is -0.444 e. The van der Waals surface area contributed by atoms with Crippen molar-refractivity contribution in [2.45, 2.75) is 82.9 Å². The zero-order valence-electron chi connectivity index (χ0n) is 21.6. The topological polar surface area (TPSA) is 113 Å². The number of hydrogen-bond acceptors (Lipinski definition) is 5. The van der Waals surface area contributed by atoms with Crippen LogP contribution in [0.25, 0.3) is 11.1 Å². The number of aryl methyl sites for hydroxylation is 1. The molecule has 36 heavy (non-hydrogen) atoms. The highest BCUT2D eigenvalue weighted by atomic mass is 16.6. The van der Waals surface area contributed by atoms with Crippen LogP contribution in [0, 0.1) is 11.3 Å². The fourth-order valence-electron chi connectivity index (χ4n) is 4.50. The molecule has 1 aromatic carbocycles. The average Bonchev–Trinajstić information content (AvgIpc) is 3.06. The third-order valence-electron chi connectivity index (χ3n) is 6.41. The lowest BCUT2D eigenvalue weighted by atomic mass is 9.88. The van der Waals surface area contributed by atoms with Gasteiger partial charge in [-0.15, -0.1) is 0 Å². The van der Waals surface area contributed by atoms with E-state index in [1.54, 1.807) is 40.1 Å². The molecule has 1 aliphatic rings. The molecule has 0 aliphatic heterocycles. The monoisotopic (exact) mass is 492 g/mol. The number of hydrogen-bond donors (Lipinski definition) is 2. The number of carbonyl (C=O) groups excluding carboxylic acids is 2. The lowest BCUT2D eigenvalue weighted by Gasteiger charge is -2.34. The zero-order chi connectivity index (χ0) is 26.3. The highest BCUT2D eigenvalue weighted by molar-refractivity contribution is 5.90. The number of ether oxygens (including phenoxy) is 1. The van der Waals surface area contributed by atoms with Gasteiger partial charge in [0.15, 0.2) is 0 Å². The smallest absolute Gasteiger partial charge is 0.408 e. The Bertz CT molecular complexity index is 1160. The molecule has 1 heterocycles. The number of pyridine rings is 1. The van der Waals surface area contributed by atoms with Gasteiger partial charge in [-0.3, -0.25) is 9.59 Å². The normalized spacial score (nSPS) is 16.2. The molecule has 0 spiro atoms. The molecule has 1 fully saturated rings. The van der Waals surface area contributed by atoms with Crippen molar-refractivity contribution in [3.8, 4) is 17.2 Å². The average molecular weight is 493 g/mol. The van der Waals surface area contributed by atoms with E-state index >= 15 is 0 Å². The van der Waals surface area contributed by atoms with Crippen molar-refractivity contribution in [3.05, 3.63) is 58.5 Å². The van der Waals surface area contributed by atoms with E-state index < -0.39 is 23.3 Å². The fraction of sp³-hybridized carbons (Fsp3) is 0.500. The molecule has 1 saturated carbocycles.